The van der Waals surface area contributed by atoms with Crippen LogP contribution in [0, 0.1) is 5.41 Å². The number of rotatable bonds is 7. The van der Waals surface area contributed by atoms with Gasteiger partial charge in [-0.25, -0.2) is 14.3 Å². The van der Waals surface area contributed by atoms with E-state index in [1.54, 1.807) is 12.3 Å². The van der Waals surface area contributed by atoms with Crippen LogP contribution in [0.25, 0.3) is 11.3 Å². The molecule has 0 bridgehead atoms. The molecule has 8 heteroatoms. The number of nitrogens with one attached hydrogen (secondary N) is 1. The molecular weight excluding hydrogens is 332 g/mol. The maximum atomic E-state index is 13.2. The molecule has 6 nitrogen and oxygen atoms in total. The van der Waals surface area contributed by atoms with Crippen molar-refractivity contribution >= 4 is 5.91 Å². The van der Waals surface area contributed by atoms with E-state index in [9.17, 15) is 18.7 Å². The molecule has 25 heavy (non-hydrogen) atoms. The lowest BCUT2D eigenvalue weighted by Crippen LogP contribution is -2.57. The lowest BCUT2D eigenvalue weighted by atomic mass is 9.71. The van der Waals surface area contributed by atoms with Gasteiger partial charge >= 0.3 is 0 Å². The summed E-state index contributed by atoms with van der Waals surface area (Å²) in [6.07, 6.45) is -1.64. The summed E-state index contributed by atoms with van der Waals surface area (Å²) >= 11 is 0. The van der Waals surface area contributed by atoms with Gasteiger partial charge in [0.1, 0.15) is 5.60 Å². The monoisotopic (exact) mass is 353 g/mol. The molecule has 0 fully saturated rings. The average Bonchev–Trinajstić information content (AvgIpc) is 3.08. The molecule has 2 unspecified atom stereocenters. The highest BCUT2D eigenvalue weighted by Gasteiger charge is 2.54. The molecule has 0 saturated carbocycles. The summed E-state index contributed by atoms with van der Waals surface area (Å²) in [6, 6.07) is 11.2. The summed E-state index contributed by atoms with van der Waals surface area (Å²) in [4.78, 5) is 11.9. The van der Waals surface area contributed by atoms with E-state index in [-0.39, 0.29) is 13.0 Å². The Morgan fingerprint density at radius 1 is 1.28 bits per heavy atom. The first-order valence-electron chi connectivity index (χ1n) is 7.76. The second-order valence-electron chi connectivity index (χ2n) is 6.30. The van der Waals surface area contributed by atoms with Gasteiger partial charge in [-0.1, -0.05) is 30.3 Å². The summed E-state index contributed by atoms with van der Waals surface area (Å²) in [7, 11) is 0. The third-order valence-corrected chi connectivity index (χ3v) is 4.70. The summed E-state index contributed by atoms with van der Waals surface area (Å²) in [6.45, 7) is 2.18. The smallest absolute Gasteiger partial charge is 0.267 e. The standard InChI is InChI=1S/C17H21F2N3O3/c1-16(15(23)21-25,17(2,24)14(18)19)9-11-22-10-8-13(20-22)12-6-4-3-5-7-12/h3-8,10,14,24-25H,9,11H2,1-2H3,(H,21,23). The third kappa shape index (κ3) is 3.69. The number of halogens is 2. The van der Waals surface area contributed by atoms with Crippen molar-refractivity contribution in [3.63, 3.8) is 0 Å². The molecule has 136 valence electrons. The lowest BCUT2D eigenvalue weighted by molar-refractivity contribution is -0.183. The number of alkyl halides is 2. The number of aromatic nitrogens is 2. The minimum atomic E-state index is -3.16. The van der Waals surface area contributed by atoms with E-state index in [4.69, 9.17) is 5.21 Å². The highest BCUT2D eigenvalue weighted by atomic mass is 19.3. The maximum Gasteiger partial charge on any atom is 0.267 e. The molecule has 2 atom stereocenters. The number of amides is 1. The average molecular weight is 353 g/mol. The van der Waals surface area contributed by atoms with E-state index in [1.807, 2.05) is 30.3 Å². The Morgan fingerprint density at radius 3 is 2.48 bits per heavy atom. The normalized spacial score (nSPS) is 16.3. The summed E-state index contributed by atoms with van der Waals surface area (Å²) in [5.74, 6) is -1.08. The summed E-state index contributed by atoms with van der Waals surface area (Å²) in [5, 5.41) is 23.4. The molecule has 1 heterocycles. The molecule has 1 aromatic heterocycles. The van der Waals surface area contributed by atoms with Crippen molar-refractivity contribution in [2.75, 3.05) is 0 Å². The van der Waals surface area contributed by atoms with Crippen LogP contribution in [-0.4, -0.2) is 38.0 Å². The number of aryl methyl sites for hydroxylation is 1. The number of benzene rings is 1. The van der Waals surface area contributed by atoms with Gasteiger partial charge in [-0.3, -0.25) is 14.7 Å². The van der Waals surface area contributed by atoms with Crippen LogP contribution in [0.5, 0.6) is 0 Å². The van der Waals surface area contributed by atoms with E-state index in [2.05, 4.69) is 5.10 Å². The number of hydrogen-bond acceptors (Lipinski definition) is 4. The van der Waals surface area contributed by atoms with E-state index >= 15 is 0 Å². The topological polar surface area (TPSA) is 87.4 Å². The lowest BCUT2D eigenvalue weighted by Gasteiger charge is -2.40. The molecule has 0 aliphatic rings. The molecule has 0 aliphatic heterocycles. The molecule has 2 aromatic rings. The summed E-state index contributed by atoms with van der Waals surface area (Å²) < 4.78 is 28.0. The fraction of sp³-hybridized carbons (Fsp3) is 0.412. The van der Waals surface area contributed by atoms with Gasteiger partial charge in [-0.2, -0.15) is 5.10 Å². The molecule has 0 aliphatic carbocycles. The second kappa shape index (κ2) is 7.28. The van der Waals surface area contributed by atoms with E-state index < -0.39 is 23.3 Å². The van der Waals surface area contributed by atoms with E-state index in [0.29, 0.717) is 5.69 Å². The Bertz CT molecular complexity index is 719. The van der Waals surface area contributed by atoms with Gasteiger partial charge < -0.3 is 5.11 Å². The predicted molar refractivity (Wildman–Crippen MR) is 86.9 cm³/mol. The van der Waals surface area contributed by atoms with Crippen LogP contribution in [0.15, 0.2) is 42.6 Å². The van der Waals surface area contributed by atoms with Gasteiger partial charge in [0.25, 0.3) is 12.3 Å². The number of hydrogen-bond donors (Lipinski definition) is 3. The largest absolute Gasteiger partial charge is 0.383 e. The van der Waals surface area contributed by atoms with E-state index in [1.165, 1.54) is 17.1 Å². The van der Waals surface area contributed by atoms with Crippen LogP contribution in [0.4, 0.5) is 8.78 Å². The number of aliphatic hydroxyl groups is 1. The van der Waals surface area contributed by atoms with Gasteiger partial charge in [0.05, 0.1) is 11.1 Å². The zero-order valence-corrected chi connectivity index (χ0v) is 14.0. The van der Waals surface area contributed by atoms with Crippen molar-refractivity contribution in [1.29, 1.82) is 0 Å². The van der Waals surface area contributed by atoms with Crippen molar-refractivity contribution in [2.45, 2.75) is 38.8 Å². The molecule has 0 saturated heterocycles. The fourth-order valence-corrected chi connectivity index (χ4v) is 2.55. The first kappa shape index (κ1) is 19.0. The molecule has 2 rings (SSSR count). The Balaban J connectivity index is 2.19. The molecule has 0 spiro atoms. The van der Waals surface area contributed by atoms with Crippen molar-refractivity contribution in [2.24, 2.45) is 5.41 Å². The number of hydroxylamine groups is 1. The Labute approximate surface area is 144 Å². The zero-order valence-electron chi connectivity index (χ0n) is 14.0. The first-order valence-corrected chi connectivity index (χ1v) is 7.76. The molecule has 1 aromatic carbocycles. The van der Waals surface area contributed by atoms with Crippen LogP contribution in [-0.2, 0) is 11.3 Å². The first-order chi connectivity index (χ1) is 11.7. The van der Waals surface area contributed by atoms with E-state index in [0.717, 1.165) is 12.5 Å². The van der Waals surface area contributed by atoms with Gasteiger partial charge in [0.2, 0.25) is 0 Å². The predicted octanol–water partition coefficient (Wildman–Crippen LogP) is 2.47. The molecular formula is C17H21F2N3O3. The molecule has 1 amide bonds. The highest BCUT2D eigenvalue weighted by molar-refractivity contribution is 5.82. The van der Waals surface area contributed by atoms with Crippen molar-refractivity contribution in [1.82, 2.24) is 15.3 Å². The molecule has 3 N–H and O–H groups in total. The SMILES string of the molecule is CC(CCn1ccc(-c2ccccc2)n1)(C(=O)NO)C(C)(O)C(F)F. The van der Waals surface area contributed by atoms with Crippen molar-refractivity contribution < 1.29 is 23.9 Å². The van der Waals surface area contributed by atoms with Crippen molar-refractivity contribution in [3.05, 3.63) is 42.6 Å². The number of carbonyl (C=O) groups excluding carboxylic acids is 1. The fourth-order valence-electron chi connectivity index (χ4n) is 2.55. The number of nitrogens with zero attached hydrogens (tertiary/aromatic N) is 2. The van der Waals surface area contributed by atoms with Gasteiger partial charge in [-0.15, -0.1) is 0 Å². The minimum Gasteiger partial charge on any atom is -0.383 e. The molecule has 0 radical (unpaired) electrons. The van der Waals surface area contributed by atoms with Gasteiger partial charge in [0.15, 0.2) is 0 Å². The quantitative estimate of drug-likeness (QED) is 0.527. The Hall–Kier alpha value is -2.32. The Morgan fingerprint density at radius 2 is 1.92 bits per heavy atom. The Kier molecular flexibility index (Phi) is 5.54. The number of carbonyl (C=O) groups is 1. The van der Waals surface area contributed by atoms with Crippen LogP contribution < -0.4 is 5.48 Å². The second-order valence-corrected chi connectivity index (χ2v) is 6.30. The highest BCUT2D eigenvalue weighted by Crippen LogP contribution is 2.39. The maximum absolute atomic E-state index is 13.2. The van der Waals surface area contributed by atoms with Gasteiger partial charge in [0, 0.05) is 18.3 Å². The van der Waals surface area contributed by atoms with Gasteiger partial charge in [-0.05, 0) is 26.3 Å². The van der Waals surface area contributed by atoms with Crippen LogP contribution in [0.3, 0.4) is 0 Å². The van der Waals surface area contributed by atoms with Crippen molar-refractivity contribution in [3.8, 4) is 11.3 Å². The zero-order chi connectivity index (χ0) is 18.7. The minimum absolute atomic E-state index is 0.111. The third-order valence-electron chi connectivity index (χ3n) is 4.70. The van der Waals surface area contributed by atoms with Crippen LogP contribution >= 0.6 is 0 Å². The van der Waals surface area contributed by atoms with Crippen LogP contribution in [0.1, 0.15) is 20.3 Å². The van der Waals surface area contributed by atoms with Crippen LogP contribution in [0.2, 0.25) is 0 Å². The summed E-state index contributed by atoms with van der Waals surface area (Å²) in [5.41, 5.74) is -1.55.